The molecule has 0 aliphatic rings. The first kappa shape index (κ1) is 22.3. The molecule has 0 aliphatic heterocycles. The van der Waals surface area contributed by atoms with Gasteiger partial charge in [0.1, 0.15) is 23.0 Å². The summed E-state index contributed by atoms with van der Waals surface area (Å²) in [5.41, 5.74) is 0.484. The van der Waals surface area contributed by atoms with Crippen LogP contribution >= 0.6 is 15.9 Å². The Balaban J connectivity index is 2.15. The van der Waals surface area contributed by atoms with Gasteiger partial charge in [0.05, 0.1) is 34.8 Å². The normalized spacial score (nSPS) is 12.4. The molecule has 9 heteroatoms. The molecule has 3 aromatic rings. The maximum Gasteiger partial charge on any atom is 0.338 e. The molecule has 0 radical (unpaired) electrons. The lowest BCUT2D eigenvalue weighted by atomic mass is 10.1. The molecule has 0 aliphatic carbocycles. The van der Waals surface area contributed by atoms with Gasteiger partial charge in [-0.1, -0.05) is 0 Å². The smallest absolute Gasteiger partial charge is 0.338 e. The number of rotatable bonds is 7. The summed E-state index contributed by atoms with van der Waals surface area (Å²) in [6.45, 7) is 3.88. The Labute approximate surface area is 179 Å². The quantitative estimate of drug-likeness (QED) is 0.349. The second-order valence-electron chi connectivity index (χ2n) is 6.77. The third-order valence-electron chi connectivity index (χ3n) is 4.68. The number of benzene rings is 2. The van der Waals surface area contributed by atoms with Crippen LogP contribution in [0.1, 0.15) is 35.6 Å². The topological polar surface area (TPSA) is 53.3 Å². The fourth-order valence-electron chi connectivity index (χ4n) is 3.10. The zero-order valence-corrected chi connectivity index (χ0v) is 18.2. The summed E-state index contributed by atoms with van der Waals surface area (Å²) < 4.78 is 55.0. The number of halogens is 4. The average molecular weight is 485 g/mol. The molecule has 0 saturated heterocycles. The number of nitrogens with zero attached hydrogens (tertiary/aromatic N) is 2. The number of imidazole rings is 1. The third kappa shape index (κ3) is 4.52. The third-order valence-corrected chi connectivity index (χ3v) is 5.29. The van der Waals surface area contributed by atoms with Gasteiger partial charge in [0.25, 0.3) is 0 Å². The first-order valence-electron chi connectivity index (χ1n) is 9.27. The summed E-state index contributed by atoms with van der Waals surface area (Å²) in [4.78, 5) is 16.4. The van der Waals surface area contributed by atoms with Gasteiger partial charge in [-0.15, -0.1) is 0 Å². The van der Waals surface area contributed by atoms with E-state index >= 15 is 0 Å². The number of carbonyl (C=O) groups is 1. The van der Waals surface area contributed by atoms with Gasteiger partial charge in [-0.05, 0) is 59.6 Å². The molecular formula is C21H20BrF3N2O3. The second-order valence-corrected chi connectivity index (χ2v) is 7.62. The van der Waals surface area contributed by atoms with E-state index in [4.69, 9.17) is 9.47 Å². The summed E-state index contributed by atoms with van der Waals surface area (Å²) in [6.07, 6.45) is -0.350. The van der Waals surface area contributed by atoms with E-state index in [0.29, 0.717) is 11.3 Å². The molecule has 0 amide bonds. The zero-order chi connectivity index (χ0) is 22.0. The molecule has 0 bridgehead atoms. The van der Waals surface area contributed by atoms with Crippen molar-refractivity contribution in [1.82, 2.24) is 9.55 Å². The van der Waals surface area contributed by atoms with Gasteiger partial charge in [-0.2, -0.15) is 0 Å². The number of carbonyl (C=O) groups excluding carboxylic acids is 1. The van der Waals surface area contributed by atoms with Crippen molar-refractivity contribution < 1.29 is 27.4 Å². The number of hydrogen-bond acceptors (Lipinski definition) is 4. The Morgan fingerprint density at radius 2 is 1.90 bits per heavy atom. The van der Waals surface area contributed by atoms with E-state index in [-0.39, 0.29) is 46.8 Å². The second kappa shape index (κ2) is 9.18. The van der Waals surface area contributed by atoms with Crippen LogP contribution < -0.4 is 0 Å². The first-order valence-corrected chi connectivity index (χ1v) is 10.1. The summed E-state index contributed by atoms with van der Waals surface area (Å²) >= 11 is 2.95. The van der Waals surface area contributed by atoms with Crippen molar-refractivity contribution in [2.75, 3.05) is 13.7 Å². The van der Waals surface area contributed by atoms with Gasteiger partial charge >= 0.3 is 5.97 Å². The van der Waals surface area contributed by atoms with Crippen molar-refractivity contribution in [2.24, 2.45) is 0 Å². The molecule has 0 unspecified atom stereocenters. The molecule has 0 N–H and O–H groups in total. The molecule has 0 fully saturated rings. The van der Waals surface area contributed by atoms with Crippen LogP contribution in [-0.2, 0) is 22.4 Å². The summed E-state index contributed by atoms with van der Waals surface area (Å²) in [6, 6.07) is 4.65. The van der Waals surface area contributed by atoms with Crippen LogP contribution in [0.3, 0.4) is 0 Å². The number of ether oxygens (including phenoxy) is 2. The van der Waals surface area contributed by atoms with E-state index in [1.807, 2.05) is 0 Å². The van der Waals surface area contributed by atoms with Gasteiger partial charge in [0, 0.05) is 13.5 Å². The first-order chi connectivity index (χ1) is 14.2. The van der Waals surface area contributed by atoms with E-state index in [9.17, 15) is 18.0 Å². The van der Waals surface area contributed by atoms with Gasteiger partial charge < -0.3 is 14.0 Å². The molecule has 1 aromatic heterocycles. The van der Waals surface area contributed by atoms with E-state index in [0.717, 1.165) is 18.2 Å². The van der Waals surface area contributed by atoms with Crippen LogP contribution in [0, 0.1) is 17.5 Å². The maximum atomic E-state index is 14.7. The minimum absolute atomic E-state index is 0.00961. The Morgan fingerprint density at radius 1 is 1.17 bits per heavy atom. The molecule has 3 rings (SSSR count). The van der Waals surface area contributed by atoms with Crippen molar-refractivity contribution in [3.05, 3.63) is 63.1 Å². The van der Waals surface area contributed by atoms with Gasteiger partial charge in [0.2, 0.25) is 0 Å². The summed E-state index contributed by atoms with van der Waals surface area (Å²) in [5, 5.41) is 0. The number of esters is 1. The summed E-state index contributed by atoms with van der Waals surface area (Å²) in [5.74, 6) is -2.28. The molecule has 0 saturated carbocycles. The highest BCUT2D eigenvalue weighted by atomic mass is 79.9. The van der Waals surface area contributed by atoms with Crippen LogP contribution in [0.2, 0.25) is 0 Å². The van der Waals surface area contributed by atoms with Crippen molar-refractivity contribution in [3.8, 4) is 0 Å². The van der Waals surface area contributed by atoms with Crippen LogP contribution in [0.5, 0.6) is 0 Å². The van der Waals surface area contributed by atoms with Crippen molar-refractivity contribution >= 4 is 32.9 Å². The van der Waals surface area contributed by atoms with Gasteiger partial charge in [-0.25, -0.2) is 22.9 Å². The Morgan fingerprint density at radius 3 is 2.57 bits per heavy atom. The predicted octanol–water partition coefficient (Wildman–Crippen LogP) is 5.02. The highest BCUT2D eigenvalue weighted by molar-refractivity contribution is 9.10. The van der Waals surface area contributed by atoms with Crippen LogP contribution in [0.25, 0.3) is 11.0 Å². The van der Waals surface area contributed by atoms with E-state index in [1.54, 1.807) is 18.4 Å². The zero-order valence-electron chi connectivity index (χ0n) is 16.6. The predicted molar refractivity (Wildman–Crippen MR) is 109 cm³/mol. The molecular weight excluding hydrogens is 465 g/mol. The van der Waals surface area contributed by atoms with Crippen molar-refractivity contribution in [3.63, 3.8) is 0 Å². The lowest BCUT2D eigenvalue weighted by Gasteiger charge is -2.15. The number of aromatic nitrogens is 2. The average Bonchev–Trinajstić information content (AvgIpc) is 3.04. The van der Waals surface area contributed by atoms with Crippen LogP contribution in [0.15, 0.2) is 28.7 Å². The standard InChI is InChI=1S/C21H20BrF3N2O3/c1-4-30-21(28)13-6-17(25)20-18(7-13)27(10-11(2)29-3)19(26-20)8-12-5-16(24)14(22)9-15(12)23/h5-7,9,11H,4,8,10H2,1-3H3/t11-/m1/s1. The minimum atomic E-state index is -0.705. The molecule has 1 heterocycles. The highest BCUT2D eigenvalue weighted by Gasteiger charge is 2.21. The Hall–Kier alpha value is -2.39. The SMILES string of the molecule is CCOC(=O)c1cc(F)c2nc(Cc3cc(F)c(Br)cc3F)n(C[C@@H](C)OC)c2c1. The van der Waals surface area contributed by atoms with Crippen LogP contribution in [-0.4, -0.2) is 35.3 Å². The molecule has 0 spiro atoms. The number of methoxy groups -OCH3 is 1. The number of fused-ring (bicyclic) bond motifs is 1. The number of hydrogen-bond donors (Lipinski definition) is 0. The molecule has 1 atom stereocenters. The van der Waals surface area contributed by atoms with Gasteiger partial charge in [0.15, 0.2) is 5.82 Å². The minimum Gasteiger partial charge on any atom is -0.462 e. The fraction of sp³-hybridized carbons (Fsp3) is 0.333. The Bertz CT molecular complexity index is 1100. The largest absolute Gasteiger partial charge is 0.462 e. The molecule has 2 aromatic carbocycles. The molecule has 5 nitrogen and oxygen atoms in total. The monoisotopic (exact) mass is 484 g/mol. The van der Waals surface area contributed by atoms with Crippen LogP contribution in [0.4, 0.5) is 13.2 Å². The van der Waals surface area contributed by atoms with E-state index < -0.39 is 23.4 Å². The van der Waals surface area contributed by atoms with Gasteiger partial charge in [-0.3, -0.25) is 0 Å². The highest BCUT2D eigenvalue weighted by Crippen LogP contribution is 2.26. The molecule has 160 valence electrons. The van der Waals surface area contributed by atoms with Crippen molar-refractivity contribution in [1.29, 1.82) is 0 Å². The van der Waals surface area contributed by atoms with Crippen molar-refractivity contribution in [2.45, 2.75) is 32.9 Å². The lowest BCUT2D eigenvalue weighted by Crippen LogP contribution is -2.17. The Kier molecular flexibility index (Phi) is 6.82. The lowest BCUT2D eigenvalue weighted by molar-refractivity contribution is 0.0526. The van der Waals surface area contributed by atoms with E-state index in [1.165, 1.54) is 13.2 Å². The fourth-order valence-corrected chi connectivity index (χ4v) is 3.42. The van der Waals surface area contributed by atoms with E-state index in [2.05, 4.69) is 20.9 Å². The maximum absolute atomic E-state index is 14.7. The molecule has 30 heavy (non-hydrogen) atoms. The summed E-state index contributed by atoms with van der Waals surface area (Å²) in [7, 11) is 1.53.